The van der Waals surface area contributed by atoms with Gasteiger partial charge in [0.15, 0.2) is 4.34 Å². The van der Waals surface area contributed by atoms with Crippen LogP contribution in [-0.2, 0) is 14.3 Å². The zero-order valence-corrected chi connectivity index (χ0v) is 15.6. The Bertz CT molecular complexity index is 704. The highest BCUT2D eigenvalue weighted by molar-refractivity contribution is 8.01. The molecule has 0 spiro atoms. The first kappa shape index (κ1) is 19.2. The van der Waals surface area contributed by atoms with Crippen molar-refractivity contribution in [1.29, 1.82) is 0 Å². The number of rotatable bonds is 9. The number of ether oxygens (including phenoxy) is 2. The number of aromatic nitrogens is 2. The molecule has 0 aliphatic carbocycles. The standard InChI is InChI=1S/C16H19N3O4S2/c1-11-5-7-12(8-6-11)23-9-3-4-13(20)17-15-18-19-16(25-15)24-10-14(21)22-2/h5-8H,3-4,9-10H2,1-2H3,(H,17,18,20). The van der Waals surface area contributed by atoms with Crippen molar-refractivity contribution in [3.63, 3.8) is 0 Å². The van der Waals surface area contributed by atoms with Crippen molar-refractivity contribution < 1.29 is 19.1 Å². The summed E-state index contributed by atoms with van der Waals surface area (Å²) in [5, 5.41) is 10.9. The van der Waals surface area contributed by atoms with E-state index in [0.717, 1.165) is 5.75 Å². The van der Waals surface area contributed by atoms with Crippen LogP contribution in [0.5, 0.6) is 5.75 Å². The van der Waals surface area contributed by atoms with Crippen LogP contribution in [0, 0.1) is 6.92 Å². The van der Waals surface area contributed by atoms with Crippen molar-refractivity contribution in [2.75, 3.05) is 24.8 Å². The van der Waals surface area contributed by atoms with Crippen LogP contribution in [0.4, 0.5) is 5.13 Å². The Morgan fingerprint density at radius 3 is 2.72 bits per heavy atom. The Balaban J connectivity index is 1.65. The molecule has 2 aromatic rings. The molecule has 0 radical (unpaired) electrons. The van der Waals surface area contributed by atoms with Crippen LogP contribution in [0.15, 0.2) is 28.6 Å². The molecule has 7 nitrogen and oxygen atoms in total. The smallest absolute Gasteiger partial charge is 0.316 e. The fourth-order valence-electron chi connectivity index (χ4n) is 1.74. The molecule has 1 aromatic heterocycles. The van der Waals surface area contributed by atoms with Crippen LogP contribution >= 0.6 is 23.1 Å². The van der Waals surface area contributed by atoms with Crippen LogP contribution < -0.4 is 10.1 Å². The third-order valence-electron chi connectivity index (χ3n) is 3.03. The van der Waals surface area contributed by atoms with Crippen LogP contribution in [-0.4, -0.2) is 41.5 Å². The van der Waals surface area contributed by atoms with Crippen LogP contribution in [0.2, 0.25) is 0 Å². The highest BCUT2D eigenvalue weighted by Gasteiger charge is 2.10. The fourth-order valence-corrected chi connectivity index (χ4v) is 3.34. The van der Waals surface area contributed by atoms with Gasteiger partial charge in [-0.15, -0.1) is 10.2 Å². The summed E-state index contributed by atoms with van der Waals surface area (Å²) in [6, 6.07) is 7.77. The minimum atomic E-state index is -0.334. The zero-order chi connectivity index (χ0) is 18.1. The van der Waals surface area contributed by atoms with E-state index in [0.29, 0.717) is 28.9 Å². The molecule has 1 aromatic carbocycles. The molecule has 0 fully saturated rings. The van der Waals surface area contributed by atoms with E-state index in [-0.39, 0.29) is 17.6 Å². The predicted molar refractivity (Wildman–Crippen MR) is 97.2 cm³/mol. The van der Waals surface area contributed by atoms with Gasteiger partial charge in [-0.2, -0.15) is 0 Å². The Morgan fingerprint density at radius 2 is 2.00 bits per heavy atom. The summed E-state index contributed by atoms with van der Waals surface area (Å²) in [6.45, 7) is 2.48. The van der Waals surface area contributed by atoms with Gasteiger partial charge in [0.25, 0.3) is 0 Å². The number of carbonyl (C=O) groups excluding carboxylic acids is 2. The van der Waals surface area contributed by atoms with Crippen molar-refractivity contribution in [3.05, 3.63) is 29.8 Å². The molecule has 1 amide bonds. The van der Waals surface area contributed by atoms with E-state index in [9.17, 15) is 9.59 Å². The van der Waals surface area contributed by atoms with Gasteiger partial charge in [0.05, 0.1) is 19.5 Å². The number of methoxy groups -OCH3 is 1. The number of esters is 1. The molecule has 1 N–H and O–H groups in total. The van der Waals surface area contributed by atoms with E-state index in [1.807, 2.05) is 31.2 Å². The maximum atomic E-state index is 11.9. The Labute approximate surface area is 154 Å². The number of amides is 1. The number of anilines is 1. The van der Waals surface area contributed by atoms with Crippen molar-refractivity contribution in [1.82, 2.24) is 10.2 Å². The maximum absolute atomic E-state index is 11.9. The molecule has 134 valence electrons. The molecule has 1 heterocycles. The van der Waals surface area contributed by atoms with Gasteiger partial charge in [0.1, 0.15) is 5.75 Å². The van der Waals surface area contributed by atoms with Gasteiger partial charge in [-0.1, -0.05) is 40.8 Å². The summed E-state index contributed by atoms with van der Waals surface area (Å²) < 4.78 is 10.7. The number of thioether (sulfide) groups is 1. The first-order valence-corrected chi connectivity index (χ1v) is 9.39. The van der Waals surface area contributed by atoms with E-state index in [1.165, 1.54) is 35.8 Å². The second kappa shape index (κ2) is 10.00. The Hall–Kier alpha value is -2.13. The van der Waals surface area contributed by atoms with Gasteiger partial charge in [0.2, 0.25) is 11.0 Å². The quantitative estimate of drug-likeness (QED) is 0.309. The molecule has 0 saturated carbocycles. The predicted octanol–water partition coefficient (Wildman–Crippen LogP) is 2.91. The lowest BCUT2D eigenvalue weighted by Crippen LogP contribution is -2.12. The highest BCUT2D eigenvalue weighted by Crippen LogP contribution is 2.25. The summed E-state index contributed by atoms with van der Waals surface area (Å²) >= 11 is 2.44. The van der Waals surface area contributed by atoms with E-state index in [4.69, 9.17) is 4.74 Å². The van der Waals surface area contributed by atoms with Crippen molar-refractivity contribution >= 4 is 40.1 Å². The molecule has 2 rings (SSSR count). The maximum Gasteiger partial charge on any atom is 0.316 e. The molecule has 0 saturated heterocycles. The van der Waals surface area contributed by atoms with Gasteiger partial charge in [-0.25, -0.2) is 0 Å². The minimum Gasteiger partial charge on any atom is -0.494 e. The largest absolute Gasteiger partial charge is 0.494 e. The lowest BCUT2D eigenvalue weighted by molar-refractivity contribution is -0.137. The number of hydrogen-bond acceptors (Lipinski definition) is 8. The second-order valence-corrected chi connectivity index (χ2v) is 7.25. The number of carbonyl (C=O) groups is 2. The summed E-state index contributed by atoms with van der Waals surface area (Å²) in [5.74, 6) is 0.477. The van der Waals surface area contributed by atoms with E-state index in [1.54, 1.807) is 0 Å². The van der Waals surface area contributed by atoms with Gasteiger partial charge in [-0.05, 0) is 25.5 Å². The summed E-state index contributed by atoms with van der Waals surface area (Å²) in [5.41, 5.74) is 1.17. The molecule has 0 aliphatic rings. The molecular weight excluding hydrogens is 362 g/mol. The van der Waals surface area contributed by atoms with Crippen LogP contribution in [0.1, 0.15) is 18.4 Å². The topological polar surface area (TPSA) is 90.4 Å². The van der Waals surface area contributed by atoms with E-state index in [2.05, 4.69) is 20.3 Å². The Kier molecular flexibility index (Phi) is 7.68. The third-order valence-corrected chi connectivity index (χ3v) is 4.98. The van der Waals surface area contributed by atoms with Crippen molar-refractivity contribution in [2.45, 2.75) is 24.1 Å². The van der Waals surface area contributed by atoms with Crippen molar-refractivity contribution in [2.24, 2.45) is 0 Å². The molecule has 25 heavy (non-hydrogen) atoms. The fraction of sp³-hybridized carbons (Fsp3) is 0.375. The molecule has 0 atom stereocenters. The number of nitrogens with one attached hydrogen (secondary N) is 1. The minimum absolute atomic E-state index is 0.145. The van der Waals surface area contributed by atoms with Gasteiger partial charge in [0, 0.05) is 6.42 Å². The number of benzene rings is 1. The number of hydrogen-bond donors (Lipinski definition) is 1. The summed E-state index contributed by atoms with van der Waals surface area (Å²) in [7, 11) is 1.33. The average Bonchev–Trinajstić information content (AvgIpc) is 3.05. The summed E-state index contributed by atoms with van der Waals surface area (Å²) in [6.07, 6.45) is 0.929. The zero-order valence-electron chi connectivity index (χ0n) is 14.0. The van der Waals surface area contributed by atoms with Gasteiger partial charge in [-0.3, -0.25) is 9.59 Å². The van der Waals surface area contributed by atoms with Crippen molar-refractivity contribution in [3.8, 4) is 5.75 Å². The van der Waals surface area contributed by atoms with Gasteiger partial charge < -0.3 is 14.8 Å². The normalized spacial score (nSPS) is 10.3. The third kappa shape index (κ3) is 7.10. The highest BCUT2D eigenvalue weighted by atomic mass is 32.2. The second-order valence-electron chi connectivity index (χ2n) is 5.05. The Morgan fingerprint density at radius 1 is 1.24 bits per heavy atom. The first-order chi connectivity index (χ1) is 12.1. The lowest BCUT2D eigenvalue weighted by Gasteiger charge is -2.06. The molecule has 0 bridgehead atoms. The molecule has 9 heteroatoms. The van der Waals surface area contributed by atoms with E-state index >= 15 is 0 Å². The van der Waals surface area contributed by atoms with Gasteiger partial charge >= 0.3 is 5.97 Å². The summed E-state index contributed by atoms with van der Waals surface area (Å²) in [4.78, 5) is 22.9. The lowest BCUT2D eigenvalue weighted by atomic mass is 10.2. The van der Waals surface area contributed by atoms with E-state index < -0.39 is 0 Å². The first-order valence-electron chi connectivity index (χ1n) is 7.59. The number of nitrogens with zero attached hydrogens (tertiary/aromatic N) is 2. The van der Waals surface area contributed by atoms with Crippen LogP contribution in [0.3, 0.4) is 0 Å². The molecular formula is C16H19N3O4S2. The monoisotopic (exact) mass is 381 g/mol. The number of aryl methyl sites for hydroxylation is 1. The SMILES string of the molecule is COC(=O)CSc1nnc(NC(=O)CCCOc2ccc(C)cc2)s1. The van der Waals surface area contributed by atoms with Crippen LogP contribution in [0.25, 0.3) is 0 Å². The molecule has 0 unspecified atom stereocenters. The average molecular weight is 381 g/mol. The molecule has 0 aliphatic heterocycles.